The molecule has 0 aliphatic carbocycles. The summed E-state index contributed by atoms with van der Waals surface area (Å²) < 4.78 is 10.2. The van der Waals surface area contributed by atoms with E-state index in [9.17, 15) is 9.59 Å². The first kappa shape index (κ1) is 14.5. The number of carboxylic acid groups (broad SMARTS) is 1. The van der Waals surface area contributed by atoms with Gasteiger partial charge in [0.1, 0.15) is 23.7 Å². The van der Waals surface area contributed by atoms with E-state index < -0.39 is 11.9 Å². The zero-order chi connectivity index (χ0) is 14.4. The second-order valence-electron chi connectivity index (χ2n) is 3.73. The van der Waals surface area contributed by atoms with E-state index in [0.29, 0.717) is 0 Å². The standard InChI is InChI=1S/C14H14O5/c1-4-7-18-12-8-10(19-14(17)9(2)3)5-6-11(12)13(15)16/h4-6,8H,1-2,7H2,3H3,(H,15,16). The minimum Gasteiger partial charge on any atom is -0.489 e. The average molecular weight is 262 g/mol. The molecule has 5 nitrogen and oxygen atoms in total. The highest BCUT2D eigenvalue weighted by Gasteiger charge is 2.14. The van der Waals surface area contributed by atoms with Crippen LogP contribution in [0.2, 0.25) is 0 Å². The Kier molecular flexibility index (Phi) is 4.88. The number of benzene rings is 1. The highest BCUT2D eigenvalue weighted by atomic mass is 16.5. The smallest absolute Gasteiger partial charge is 0.339 e. The highest BCUT2D eigenvalue weighted by molar-refractivity contribution is 5.92. The van der Waals surface area contributed by atoms with E-state index >= 15 is 0 Å². The number of rotatable bonds is 6. The molecule has 0 aromatic heterocycles. The third-order valence-corrected chi connectivity index (χ3v) is 2.10. The first-order valence-electron chi connectivity index (χ1n) is 5.44. The molecule has 0 amide bonds. The van der Waals surface area contributed by atoms with Crippen LogP contribution in [0.3, 0.4) is 0 Å². The van der Waals surface area contributed by atoms with Gasteiger partial charge in [-0.15, -0.1) is 0 Å². The fourth-order valence-electron chi connectivity index (χ4n) is 1.21. The Bertz CT molecular complexity index is 531. The summed E-state index contributed by atoms with van der Waals surface area (Å²) >= 11 is 0. The van der Waals surface area contributed by atoms with Crippen molar-refractivity contribution in [2.24, 2.45) is 0 Å². The van der Waals surface area contributed by atoms with Crippen LogP contribution in [0.1, 0.15) is 17.3 Å². The van der Waals surface area contributed by atoms with Crippen LogP contribution >= 0.6 is 0 Å². The van der Waals surface area contributed by atoms with Crippen LogP contribution in [0.4, 0.5) is 0 Å². The first-order chi connectivity index (χ1) is 8.95. The minimum absolute atomic E-state index is 0.0167. The van der Waals surface area contributed by atoms with E-state index in [1.165, 1.54) is 31.2 Å². The molecule has 100 valence electrons. The molecule has 0 fully saturated rings. The van der Waals surface area contributed by atoms with Crippen molar-refractivity contribution in [2.75, 3.05) is 6.61 Å². The van der Waals surface area contributed by atoms with Gasteiger partial charge < -0.3 is 14.6 Å². The molecule has 0 bridgehead atoms. The van der Waals surface area contributed by atoms with Gasteiger partial charge >= 0.3 is 11.9 Å². The lowest BCUT2D eigenvalue weighted by molar-refractivity contribution is -0.130. The number of carbonyl (C=O) groups is 2. The maximum absolute atomic E-state index is 11.4. The molecule has 0 unspecified atom stereocenters. The van der Waals surface area contributed by atoms with Gasteiger partial charge in [-0.25, -0.2) is 9.59 Å². The first-order valence-corrected chi connectivity index (χ1v) is 5.44. The average Bonchev–Trinajstić information content (AvgIpc) is 2.35. The van der Waals surface area contributed by atoms with Gasteiger partial charge in [0.2, 0.25) is 0 Å². The third kappa shape index (κ3) is 3.99. The van der Waals surface area contributed by atoms with E-state index in [0.717, 1.165) is 0 Å². The summed E-state index contributed by atoms with van der Waals surface area (Å²) in [6.45, 7) is 8.60. The monoisotopic (exact) mass is 262 g/mol. The maximum Gasteiger partial charge on any atom is 0.339 e. The van der Waals surface area contributed by atoms with Crippen molar-refractivity contribution in [3.8, 4) is 11.5 Å². The predicted octanol–water partition coefficient (Wildman–Crippen LogP) is 2.43. The molecule has 1 aromatic carbocycles. The predicted molar refractivity (Wildman–Crippen MR) is 69.5 cm³/mol. The van der Waals surface area contributed by atoms with Gasteiger partial charge in [0.15, 0.2) is 0 Å². The summed E-state index contributed by atoms with van der Waals surface area (Å²) in [5.41, 5.74) is 0.229. The zero-order valence-corrected chi connectivity index (χ0v) is 10.5. The van der Waals surface area contributed by atoms with Gasteiger partial charge in [-0.2, -0.15) is 0 Å². The Balaban J connectivity index is 3.03. The van der Waals surface area contributed by atoms with Gasteiger partial charge in [0.05, 0.1) is 0 Å². The number of esters is 1. The molecule has 0 spiro atoms. The molecule has 0 aliphatic heterocycles. The van der Waals surface area contributed by atoms with Crippen LogP contribution in [-0.4, -0.2) is 23.7 Å². The number of aromatic carboxylic acids is 1. The SMILES string of the molecule is C=CCOc1cc(OC(=O)C(=C)C)ccc1C(=O)O. The van der Waals surface area contributed by atoms with Crippen molar-refractivity contribution in [2.45, 2.75) is 6.92 Å². The molecule has 1 aromatic rings. The molecular formula is C14H14O5. The summed E-state index contributed by atoms with van der Waals surface area (Å²) in [6, 6.07) is 4.03. The van der Waals surface area contributed by atoms with E-state index in [4.69, 9.17) is 14.6 Å². The number of hydrogen-bond acceptors (Lipinski definition) is 4. The highest BCUT2D eigenvalue weighted by Crippen LogP contribution is 2.25. The van der Waals surface area contributed by atoms with Crippen LogP contribution in [0.15, 0.2) is 43.0 Å². The number of carboxylic acids is 1. The fraction of sp³-hybridized carbons (Fsp3) is 0.143. The van der Waals surface area contributed by atoms with E-state index in [1.54, 1.807) is 0 Å². The molecule has 19 heavy (non-hydrogen) atoms. The summed E-state index contributed by atoms with van der Waals surface area (Å²) in [5, 5.41) is 9.00. The maximum atomic E-state index is 11.4. The van der Waals surface area contributed by atoms with Gasteiger partial charge in [0.25, 0.3) is 0 Å². The Hall–Kier alpha value is -2.56. The molecule has 0 atom stereocenters. The number of hydrogen-bond donors (Lipinski definition) is 1. The summed E-state index contributed by atoms with van der Waals surface area (Å²) in [7, 11) is 0. The van der Waals surface area contributed by atoms with Crippen molar-refractivity contribution >= 4 is 11.9 Å². The number of ether oxygens (including phenoxy) is 2. The van der Waals surface area contributed by atoms with Gasteiger partial charge in [-0.05, 0) is 19.1 Å². The van der Waals surface area contributed by atoms with E-state index in [1.807, 2.05) is 0 Å². The molecule has 0 heterocycles. The van der Waals surface area contributed by atoms with Crippen LogP contribution in [-0.2, 0) is 4.79 Å². The molecule has 0 saturated heterocycles. The molecule has 0 saturated carbocycles. The van der Waals surface area contributed by atoms with E-state index in [-0.39, 0.29) is 29.2 Å². The Morgan fingerprint density at radius 2 is 2.11 bits per heavy atom. The number of carbonyl (C=O) groups excluding carboxylic acids is 1. The summed E-state index contributed by atoms with van der Waals surface area (Å²) in [6.07, 6.45) is 1.48. The van der Waals surface area contributed by atoms with Gasteiger partial charge in [-0.3, -0.25) is 0 Å². The van der Waals surface area contributed by atoms with Crippen LogP contribution in [0, 0.1) is 0 Å². The molecule has 5 heteroatoms. The van der Waals surface area contributed by atoms with Crippen LogP contribution in [0.5, 0.6) is 11.5 Å². The third-order valence-electron chi connectivity index (χ3n) is 2.10. The van der Waals surface area contributed by atoms with Crippen molar-refractivity contribution in [1.82, 2.24) is 0 Å². The quantitative estimate of drug-likeness (QED) is 0.369. The zero-order valence-electron chi connectivity index (χ0n) is 10.5. The fourth-order valence-corrected chi connectivity index (χ4v) is 1.21. The lowest BCUT2D eigenvalue weighted by Gasteiger charge is -2.10. The lowest BCUT2D eigenvalue weighted by atomic mass is 10.2. The van der Waals surface area contributed by atoms with Crippen molar-refractivity contribution in [1.29, 1.82) is 0 Å². The van der Waals surface area contributed by atoms with Crippen LogP contribution in [0.25, 0.3) is 0 Å². The second kappa shape index (κ2) is 6.39. The molecule has 0 radical (unpaired) electrons. The van der Waals surface area contributed by atoms with Crippen molar-refractivity contribution < 1.29 is 24.2 Å². The summed E-state index contributed by atoms with van der Waals surface area (Å²) in [4.78, 5) is 22.4. The lowest BCUT2D eigenvalue weighted by Crippen LogP contribution is -2.09. The molecular weight excluding hydrogens is 248 g/mol. The largest absolute Gasteiger partial charge is 0.489 e. The van der Waals surface area contributed by atoms with Crippen molar-refractivity contribution in [3.63, 3.8) is 0 Å². The molecule has 0 aliphatic rings. The van der Waals surface area contributed by atoms with Gasteiger partial charge in [0, 0.05) is 11.6 Å². The van der Waals surface area contributed by atoms with E-state index in [2.05, 4.69) is 13.2 Å². The Labute approximate surface area is 110 Å². The van der Waals surface area contributed by atoms with Crippen LogP contribution < -0.4 is 9.47 Å². The second-order valence-corrected chi connectivity index (χ2v) is 3.73. The topological polar surface area (TPSA) is 72.8 Å². The molecule has 1 N–H and O–H groups in total. The normalized spacial score (nSPS) is 9.53. The Morgan fingerprint density at radius 3 is 2.63 bits per heavy atom. The summed E-state index contributed by atoms with van der Waals surface area (Å²) in [5.74, 6) is -1.41. The van der Waals surface area contributed by atoms with Gasteiger partial charge in [-0.1, -0.05) is 19.2 Å². The minimum atomic E-state index is -1.13. The Morgan fingerprint density at radius 1 is 1.42 bits per heavy atom. The van der Waals surface area contributed by atoms with Crippen molar-refractivity contribution in [3.05, 3.63) is 48.6 Å². The molecule has 1 rings (SSSR count).